The van der Waals surface area contributed by atoms with Crippen LogP contribution in [0.5, 0.6) is 0 Å². The van der Waals surface area contributed by atoms with Crippen molar-refractivity contribution in [3.63, 3.8) is 0 Å². The van der Waals surface area contributed by atoms with Gasteiger partial charge in [0, 0.05) is 16.3 Å². The van der Waals surface area contributed by atoms with Crippen molar-refractivity contribution in [1.29, 1.82) is 0 Å². The van der Waals surface area contributed by atoms with Gasteiger partial charge in [0.15, 0.2) is 0 Å². The third-order valence-electron chi connectivity index (χ3n) is 3.72. The molecule has 0 aliphatic carbocycles. The highest BCUT2D eigenvalue weighted by Crippen LogP contribution is 2.35. The van der Waals surface area contributed by atoms with Crippen LogP contribution in [-0.4, -0.2) is 23.0 Å². The first-order chi connectivity index (χ1) is 10.3. The van der Waals surface area contributed by atoms with Gasteiger partial charge in [-0.15, -0.1) is 0 Å². The van der Waals surface area contributed by atoms with Gasteiger partial charge in [0.2, 0.25) is 0 Å². The molecule has 2 aromatic rings. The zero-order valence-corrected chi connectivity index (χ0v) is 11.4. The van der Waals surface area contributed by atoms with Gasteiger partial charge in [0.25, 0.3) is 0 Å². The standard InChI is InChI=1S/C17H12N2O2/c1-21-17(20)14-10-6-2-4-8-12(10)18-15-11-7-3-5-9-13(11)19-16(14)15/h2-9,18H,1H3. The molecule has 0 fully saturated rings. The van der Waals surface area contributed by atoms with E-state index in [1.807, 2.05) is 48.5 Å². The van der Waals surface area contributed by atoms with Gasteiger partial charge >= 0.3 is 5.97 Å². The smallest absolute Gasteiger partial charge is 0.340 e. The lowest BCUT2D eigenvalue weighted by atomic mass is 10.0. The maximum atomic E-state index is 12.2. The molecule has 0 saturated heterocycles. The summed E-state index contributed by atoms with van der Waals surface area (Å²) in [5.41, 5.74) is 3.79. The lowest BCUT2D eigenvalue weighted by Gasteiger charge is -2.10. The van der Waals surface area contributed by atoms with E-state index in [1.54, 1.807) is 0 Å². The summed E-state index contributed by atoms with van der Waals surface area (Å²) in [4.78, 5) is 20.2. The molecule has 1 N–H and O–H groups in total. The molecule has 4 rings (SSSR count). The average Bonchev–Trinajstić information content (AvgIpc) is 2.90. The Morgan fingerprint density at radius 1 is 1.05 bits per heavy atom. The van der Waals surface area contributed by atoms with E-state index in [0.717, 1.165) is 27.5 Å². The Morgan fingerprint density at radius 2 is 1.76 bits per heavy atom. The van der Waals surface area contributed by atoms with Crippen molar-refractivity contribution in [2.45, 2.75) is 0 Å². The molecule has 2 aliphatic heterocycles. The quantitative estimate of drug-likeness (QED) is 0.540. The van der Waals surface area contributed by atoms with E-state index in [-0.39, 0.29) is 5.97 Å². The monoisotopic (exact) mass is 276 g/mol. The Morgan fingerprint density at radius 3 is 2.57 bits per heavy atom. The molecule has 2 heterocycles. The molecular weight excluding hydrogens is 264 g/mol. The number of rotatable bonds is 1. The fraction of sp³-hybridized carbons (Fsp3) is 0.0588. The maximum absolute atomic E-state index is 12.2. The summed E-state index contributed by atoms with van der Waals surface area (Å²) in [7, 11) is 1.39. The molecule has 21 heavy (non-hydrogen) atoms. The number of hydrogen-bond acceptors (Lipinski definition) is 3. The van der Waals surface area contributed by atoms with Crippen LogP contribution >= 0.6 is 0 Å². The van der Waals surface area contributed by atoms with Crippen molar-refractivity contribution < 1.29 is 9.53 Å². The lowest BCUT2D eigenvalue weighted by Crippen LogP contribution is -2.06. The number of esters is 1. The predicted molar refractivity (Wildman–Crippen MR) is 81.6 cm³/mol. The lowest BCUT2D eigenvalue weighted by molar-refractivity contribution is 0.0603. The number of ether oxygens (including phenoxy) is 1. The molecule has 0 amide bonds. The topological polar surface area (TPSA) is 55.0 Å². The molecule has 0 spiro atoms. The van der Waals surface area contributed by atoms with Crippen molar-refractivity contribution in [3.8, 4) is 11.4 Å². The van der Waals surface area contributed by atoms with Gasteiger partial charge in [0.1, 0.15) is 5.69 Å². The van der Waals surface area contributed by atoms with Gasteiger partial charge < -0.3 is 9.72 Å². The maximum Gasteiger partial charge on any atom is 0.340 e. The number of aromatic amines is 1. The minimum absolute atomic E-state index is 0.368. The van der Waals surface area contributed by atoms with E-state index < -0.39 is 0 Å². The molecule has 0 saturated carbocycles. The van der Waals surface area contributed by atoms with Crippen molar-refractivity contribution >= 4 is 27.8 Å². The van der Waals surface area contributed by atoms with Gasteiger partial charge in [-0.3, -0.25) is 0 Å². The number of para-hydroxylation sites is 2. The molecule has 0 bridgehead atoms. The third-order valence-corrected chi connectivity index (χ3v) is 3.72. The van der Waals surface area contributed by atoms with E-state index in [4.69, 9.17) is 4.74 Å². The van der Waals surface area contributed by atoms with Crippen LogP contribution in [0.4, 0.5) is 0 Å². The first kappa shape index (κ1) is 11.9. The largest absolute Gasteiger partial charge is 0.465 e. The number of methoxy groups -OCH3 is 1. The van der Waals surface area contributed by atoms with Gasteiger partial charge in [0.05, 0.1) is 23.9 Å². The Hall–Kier alpha value is -2.88. The van der Waals surface area contributed by atoms with Crippen LogP contribution in [0.2, 0.25) is 0 Å². The number of nitrogens with zero attached hydrogens (tertiary/aromatic N) is 1. The second kappa shape index (κ2) is 4.31. The zero-order chi connectivity index (χ0) is 14.4. The Balaban J connectivity index is 2.24. The number of hydrogen-bond donors (Lipinski definition) is 1. The molecule has 0 atom stereocenters. The average molecular weight is 276 g/mol. The molecule has 0 aromatic heterocycles. The normalized spacial score (nSPS) is 11.3. The van der Waals surface area contributed by atoms with Crippen molar-refractivity contribution in [2.75, 3.05) is 7.11 Å². The summed E-state index contributed by atoms with van der Waals surface area (Å²) in [6.45, 7) is 0. The summed E-state index contributed by atoms with van der Waals surface area (Å²) < 4.78 is 4.96. The van der Waals surface area contributed by atoms with Crippen LogP contribution in [0, 0.1) is 0 Å². The Kier molecular flexibility index (Phi) is 2.44. The van der Waals surface area contributed by atoms with E-state index in [0.29, 0.717) is 11.3 Å². The van der Waals surface area contributed by atoms with Gasteiger partial charge in [-0.1, -0.05) is 36.4 Å². The third kappa shape index (κ3) is 1.62. The van der Waals surface area contributed by atoms with Gasteiger partial charge in [-0.25, -0.2) is 9.78 Å². The highest BCUT2D eigenvalue weighted by atomic mass is 16.5. The van der Waals surface area contributed by atoms with Crippen LogP contribution in [0.3, 0.4) is 0 Å². The van der Waals surface area contributed by atoms with Crippen molar-refractivity contribution in [3.05, 3.63) is 54.1 Å². The number of aromatic nitrogens is 2. The second-order valence-corrected chi connectivity index (χ2v) is 4.89. The second-order valence-electron chi connectivity index (χ2n) is 4.89. The predicted octanol–water partition coefficient (Wildman–Crippen LogP) is 3.61. The number of nitrogens with one attached hydrogen (secondary N) is 1. The van der Waals surface area contributed by atoms with Crippen LogP contribution in [0.15, 0.2) is 48.5 Å². The number of benzene rings is 2. The number of fused-ring (bicyclic) bond motifs is 4. The molecule has 4 nitrogen and oxygen atoms in total. The number of carbonyl (C=O) groups excluding carboxylic acids is 1. The number of pyridine rings is 1. The molecule has 2 aliphatic rings. The number of carbonyl (C=O) groups is 1. The van der Waals surface area contributed by atoms with Crippen LogP contribution in [-0.2, 0) is 4.74 Å². The van der Waals surface area contributed by atoms with Crippen LogP contribution < -0.4 is 0 Å². The minimum Gasteiger partial charge on any atom is -0.465 e. The zero-order valence-electron chi connectivity index (χ0n) is 11.4. The molecule has 2 aromatic carbocycles. The highest BCUT2D eigenvalue weighted by Gasteiger charge is 2.24. The SMILES string of the molecule is COC(=O)c1c2nc3ccccc3c-2[nH]c2ccccc12. The Bertz CT molecular complexity index is 956. The van der Waals surface area contributed by atoms with E-state index in [9.17, 15) is 4.79 Å². The highest BCUT2D eigenvalue weighted by molar-refractivity contribution is 6.13. The molecule has 4 heteroatoms. The van der Waals surface area contributed by atoms with Gasteiger partial charge in [-0.05, 0) is 12.1 Å². The first-order valence-corrected chi connectivity index (χ1v) is 6.67. The van der Waals surface area contributed by atoms with Crippen LogP contribution in [0.25, 0.3) is 33.2 Å². The fourth-order valence-corrected chi connectivity index (χ4v) is 2.77. The van der Waals surface area contributed by atoms with Crippen molar-refractivity contribution in [1.82, 2.24) is 9.97 Å². The van der Waals surface area contributed by atoms with Crippen molar-refractivity contribution in [2.24, 2.45) is 0 Å². The Labute approximate surface area is 120 Å². The number of H-pyrrole nitrogens is 1. The summed E-state index contributed by atoms with van der Waals surface area (Å²) in [5, 5.41) is 1.82. The first-order valence-electron chi connectivity index (χ1n) is 6.67. The van der Waals surface area contributed by atoms with Gasteiger partial charge in [-0.2, -0.15) is 0 Å². The van der Waals surface area contributed by atoms with E-state index in [2.05, 4.69) is 9.97 Å². The molecule has 0 radical (unpaired) electrons. The fourth-order valence-electron chi connectivity index (χ4n) is 2.77. The summed E-state index contributed by atoms with van der Waals surface area (Å²) in [5.74, 6) is -0.368. The summed E-state index contributed by atoms with van der Waals surface area (Å²) in [6.07, 6.45) is 0. The molecule has 102 valence electrons. The van der Waals surface area contributed by atoms with E-state index >= 15 is 0 Å². The molecule has 0 unspecified atom stereocenters. The summed E-state index contributed by atoms with van der Waals surface area (Å²) >= 11 is 0. The summed E-state index contributed by atoms with van der Waals surface area (Å²) in [6, 6.07) is 15.5. The minimum atomic E-state index is -0.368. The van der Waals surface area contributed by atoms with E-state index in [1.165, 1.54) is 7.11 Å². The van der Waals surface area contributed by atoms with Crippen LogP contribution in [0.1, 0.15) is 10.4 Å². The molecular formula is C17H12N2O2.